The monoisotopic (exact) mass is 961 g/mol. The van der Waals surface area contributed by atoms with Crippen molar-refractivity contribution in [3.63, 3.8) is 0 Å². The molecule has 18 heteroatoms. The average Bonchev–Trinajstić information content (AvgIpc) is 4.24. The van der Waals surface area contributed by atoms with E-state index in [9.17, 15) is 24.6 Å². The SMILES string of the molecule is CN1CCC2=C[C@@H](O)[C@@H]3OC(=O)c4cc5c(cc4[C@@H]3[C@H]21)OCO5.CN1CC[C@@H]2C[C@H](O)[C@H]3OC(=O)c4cc5c(cc4[C@H]3[C@@H]21)OCO5.CO[C@@H]1C=C2CCN(C)[C@@H]2[C@H]2c3cc4c(cc3C(=O)O[C@H]21)OCO4. The molecule has 13 atom stereocenters. The van der Waals surface area contributed by atoms with Crippen molar-refractivity contribution in [2.75, 3.05) is 68.3 Å². The van der Waals surface area contributed by atoms with E-state index in [1.54, 1.807) is 25.3 Å². The lowest BCUT2D eigenvalue weighted by molar-refractivity contribution is -0.0778. The van der Waals surface area contributed by atoms with Crippen LogP contribution in [0.1, 0.15) is 91.2 Å². The molecule has 9 aliphatic heterocycles. The van der Waals surface area contributed by atoms with E-state index in [0.717, 1.165) is 55.6 Å². The topological polar surface area (TPSA) is 194 Å². The number of aliphatic hydroxyl groups is 2. The van der Waals surface area contributed by atoms with Crippen LogP contribution < -0.4 is 28.4 Å². The molecule has 4 fully saturated rings. The number of likely N-dealkylation sites (N-methyl/N-ethyl adjacent to an activating group) is 3. The third kappa shape index (κ3) is 6.77. The van der Waals surface area contributed by atoms with E-state index < -0.39 is 30.4 Å². The van der Waals surface area contributed by atoms with Crippen molar-refractivity contribution in [3.05, 3.63) is 93.1 Å². The van der Waals surface area contributed by atoms with E-state index in [1.807, 2.05) is 24.3 Å². The van der Waals surface area contributed by atoms with Crippen molar-refractivity contribution in [1.82, 2.24) is 14.7 Å². The summed E-state index contributed by atoms with van der Waals surface area (Å²) in [7, 11) is 7.98. The number of carbonyl (C=O) groups is 3. The molecule has 3 aliphatic carbocycles. The number of fused-ring (bicyclic) bond motifs is 18. The largest absolute Gasteiger partial charge is 0.455 e. The summed E-state index contributed by atoms with van der Waals surface area (Å²) in [6.07, 6.45) is 4.82. The van der Waals surface area contributed by atoms with Crippen molar-refractivity contribution >= 4 is 17.9 Å². The molecule has 0 amide bonds. The molecule has 0 aromatic heterocycles. The molecule has 0 radical (unpaired) electrons. The van der Waals surface area contributed by atoms with Gasteiger partial charge in [-0.3, -0.25) is 9.80 Å². The Morgan fingerprint density at radius 1 is 0.543 bits per heavy atom. The first kappa shape index (κ1) is 44.1. The summed E-state index contributed by atoms with van der Waals surface area (Å²) in [5, 5.41) is 21.0. The van der Waals surface area contributed by atoms with Crippen LogP contribution >= 0.6 is 0 Å². The Morgan fingerprint density at radius 2 is 0.986 bits per heavy atom. The summed E-state index contributed by atoms with van der Waals surface area (Å²) in [6, 6.07) is 11.6. The highest BCUT2D eigenvalue weighted by molar-refractivity contribution is 5.95. The van der Waals surface area contributed by atoms with Gasteiger partial charge in [-0.2, -0.15) is 0 Å². The molecule has 0 unspecified atom stereocenters. The summed E-state index contributed by atoms with van der Waals surface area (Å²) < 4.78 is 55.4. The van der Waals surface area contributed by atoms with Crippen LogP contribution in [-0.2, 0) is 18.9 Å². The molecule has 3 aromatic rings. The van der Waals surface area contributed by atoms with Crippen LogP contribution in [0.5, 0.6) is 34.5 Å². The summed E-state index contributed by atoms with van der Waals surface area (Å²) in [4.78, 5) is 44.3. The number of nitrogens with zero attached hydrogens (tertiary/aromatic N) is 3. The number of aliphatic hydroxyl groups excluding tert-OH is 2. The van der Waals surface area contributed by atoms with Gasteiger partial charge in [0.1, 0.15) is 30.5 Å². The zero-order chi connectivity index (χ0) is 47.9. The van der Waals surface area contributed by atoms with Crippen LogP contribution in [-0.4, -0.2) is 166 Å². The Bertz CT molecular complexity index is 2780. The first-order valence-electron chi connectivity index (χ1n) is 24.3. The molecule has 1 saturated carbocycles. The van der Waals surface area contributed by atoms with E-state index in [1.165, 1.54) is 11.1 Å². The molecule has 18 nitrogen and oxygen atoms in total. The second-order valence-corrected chi connectivity index (χ2v) is 20.4. The molecule has 70 heavy (non-hydrogen) atoms. The van der Waals surface area contributed by atoms with Crippen LogP contribution in [0.25, 0.3) is 0 Å². The molecule has 368 valence electrons. The summed E-state index contributed by atoms with van der Waals surface area (Å²) in [5.41, 5.74) is 7.03. The van der Waals surface area contributed by atoms with Crippen molar-refractivity contribution in [3.8, 4) is 34.5 Å². The normalized spacial score (nSPS) is 35.2. The third-order valence-electron chi connectivity index (χ3n) is 16.9. The quantitative estimate of drug-likeness (QED) is 0.203. The minimum atomic E-state index is -0.764. The molecule has 0 spiro atoms. The van der Waals surface area contributed by atoms with E-state index in [4.69, 9.17) is 47.4 Å². The molecular formula is C52H55N3O15. The van der Waals surface area contributed by atoms with Gasteiger partial charge in [0.15, 0.2) is 34.5 Å². The Morgan fingerprint density at radius 3 is 1.50 bits per heavy atom. The van der Waals surface area contributed by atoms with Gasteiger partial charge in [0.2, 0.25) is 20.4 Å². The van der Waals surface area contributed by atoms with Crippen molar-refractivity contribution in [2.45, 2.75) is 98.2 Å². The molecular weight excluding hydrogens is 907 g/mol. The lowest BCUT2D eigenvalue weighted by Crippen LogP contribution is -2.54. The maximum Gasteiger partial charge on any atom is 0.338 e. The number of carbonyl (C=O) groups excluding carboxylic acids is 3. The maximum absolute atomic E-state index is 12.6. The first-order valence-corrected chi connectivity index (χ1v) is 24.3. The molecule has 9 heterocycles. The number of hydrogen-bond acceptors (Lipinski definition) is 18. The predicted octanol–water partition coefficient (Wildman–Crippen LogP) is 3.86. The highest BCUT2D eigenvalue weighted by Crippen LogP contribution is 2.53. The van der Waals surface area contributed by atoms with Gasteiger partial charge < -0.3 is 62.5 Å². The van der Waals surface area contributed by atoms with Gasteiger partial charge in [-0.25, -0.2) is 14.4 Å². The standard InChI is InChI=1S/C18H19NO5.C17H19NO5.C17H17NO5/c1-19-4-3-9-5-14(21-2)17-15(16(9)19)10-6-12-13(23-8-22-12)7-11(10)18(20)24-17;2*1-18-3-2-8-4-11(19)16-14(15(8)18)9-5-12-13(22-7-21-12)6-10(9)17(20)23-16/h5-7,14-17H,3-4,8H2,1-2H3;5-6,8,11,14-16,19H,2-4,7H2,1H3;4-6,11,14-16,19H,2-3,7H2,1H3/t14-,15-,16+,17+;8-,11+,14+,15-,16-;11-,14-,15+,16+/m111/s1. The van der Waals surface area contributed by atoms with Crippen molar-refractivity contribution in [2.24, 2.45) is 5.92 Å². The smallest absolute Gasteiger partial charge is 0.338 e. The number of likely N-dealkylation sites (tertiary alicyclic amines) is 3. The Labute approximate surface area is 403 Å². The highest BCUT2D eigenvalue weighted by atomic mass is 16.7. The van der Waals surface area contributed by atoms with E-state index >= 15 is 0 Å². The van der Waals surface area contributed by atoms with Crippen LogP contribution in [0.4, 0.5) is 0 Å². The number of methoxy groups -OCH3 is 1. The van der Waals surface area contributed by atoms with Crippen LogP contribution in [0.15, 0.2) is 59.7 Å². The van der Waals surface area contributed by atoms with Crippen LogP contribution in [0.2, 0.25) is 0 Å². The number of rotatable bonds is 1. The fourth-order valence-corrected chi connectivity index (χ4v) is 13.8. The maximum atomic E-state index is 12.6. The van der Waals surface area contributed by atoms with E-state index in [-0.39, 0.29) is 80.4 Å². The van der Waals surface area contributed by atoms with Crippen molar-refractivity contribution in [1.29, 1.82) is 0 Å². The van der Waals surface area contributed by atoms with Crippen LogP contribution in [0, 0.1) is 5.92 Å². The second-order valence-electron chi connectivity index (χ2n) is 20.4. The zero-order valence-electron chi connectivity index (χ0n) is 39.2. The first-order chi connectivity index (χ1) is 33.9. The van der Waals surface area contributed by atoms with Crippen LogP contribution in [0.3, 0.4) is 0 Å². The Kier molecular flexibility index (Phi) is 10.5. The van der Waals surface area contributed by atoms with Gasteiger partial charge in [0, 0.05) is 56.1 Å². The van der Waals surface area contributed by atoms with Crippen molar-refractivity contribution < 1.29 is 72.0 Å². The lowest BCUT2D eigenvalue weighted by atomic mass is 9.69. The van der Waals surface area contributed by atoms with Gasteiger partial charge in [0.25, 0.3) is 0 Å². The van der Waals surface area contributed by atoms with E-state index in [0.29, 0.717) is 63.5 Å². The summed E-state index contributed by atoms with van der Waals surface area (Å²) >= 11 is 0. The molecule has 3 aromatic carbocycles. The van der Waals surface area contributed by atoms with Gasteiger partial charge >= 0.3 is 17.9 Å². The number of hydrogen-bond donors (Lipinski definition) is 2. The number of benzene rings is 3. The average molecular weight is 962 g/mol. The summed E-state index contributed by atoms with van der Waals surface area (Å²) in [6.45, 7) is 3.49. The highest BCUT2D eigenvalue weighted by Gasteiger charge is 2.55. The minimum Gasteiger partial charge on any atom is -0.455 e. The fraction of sp³-hybridized carbons (Fsp3) is 0.519. The lowest BCUT2D eigenvalue weighted by Gasteiger charge is -2.47. The Hall–Kier alpha value is -5.89. The van der Waals surface area contributed by atoms with Gasteiger partial charge in [-0.1, -0.05) is 23.3 Å². The van der Waals surface area contributed by atoms with Gasteiger partial charge in [-0.05, 0) is 112 Å². The molecule has 0 bridgehead atoms. The molecule has 15 rings (SSSR count). The number of ether oxygens (including phenoxy) is 10. The Balaban J connectivity index is 0.000000103. The predicted molar refractivity (Wildman–Crippen MR) is 244 cm³/mol. The molecule has 3 saturated heterocycles. The minimum absolute atomic E-state index is 0.0153. The van der Waals surface area contributed by atoms with Gasteiger partial charge in [-0.15, -0.1) is 0 Å². The second kappa shape index (κ2) is 16.6. The van der Waals surface area contributed by atoms with E-state index in [2.05, 4.69) is 41.9 Å². The third-order valence-corrected chi connectivity index (χ3v) is 16.9. The zero-order valence-corrected chi connectivity index (χ0v) is 39.2. The van der Waals surface area contributed by atoms with Gasteiger partial charge in [0.05, 0.1) is 22.8 Å². The fourth-order valence-electron chi connectivity index (χ4n) is 13.8. The number of esters is 3. The molecule has 12 aliphatic rings. The molecule has 2 N–H and O–H groups in total. The summed E-state index contributed by atoms with van der Waals surface area (Å²) in [5.74, 6) is 3.09.